The number of carboxylic acids is 1. The number of nitrogens with zero attached hydrogens (tertiary/aromatic N) is 1. The molecule has 1 saturated carbocycles. The van der Waals surface area contributed by atoms with E-state index in [1.165, 1.54) is 19.3 Å². The molecule has 1 aliphatic heterocycles. The van der Waals surface area contributed by atoms with E-state index in [1.807, 2.05) is 0 Å². The van der Waals surface area contributed by atoms with Crippen LogP contribution in [0.4, 0.5) is 0 Å². The Balaban J connectivity index is 1.93. The van der Waals surface area contributed by atoms with Crippen molar-refractivity contribution in [3.8, 4) is 0 Å². The SMILES string of the molecule is CN1CCCCC1CC1(C(=O)O)CC1. The van der Waals surface area contributed by atoms with E-state index in [0.29, 0.717) is 6.04 Å². The Morgan fingerprint density at radius 1 is 1.50 bits per heavy atom. The first kappa shape index (κ1) is 9.97. The van der Waals surface area contributed by atoms with Crippen LogP contribution in [0.2, 0.25) is 0 Å². The summed E-state index contributed by atoms with van der Waals surface area (Å²) in [4.78, 5) is 13.4. The predicted molar refractivity (Wildman–Crippen MR) is 54.2 cm³/mol. The minimum atomic E-state index is -0.573. The molecular formula is C11H19NO2. The van der Waals surface area contributed by atoms with E-state index in [1.54, 1.807) is 0 Å². The molecule has 0 spiro atoms. The van der Waals surface area contributed by atoms with Gasteiger partial charge in [-0.15, -0.1) is 0 Å². The minimum absolute atomic E-state index is 0.337. The Morgan fingerprint density at radius 3 is 2.71 bits per heavy atom. The number of likely N-dealkylation sites (tertiary alicyclic amines) is 1. The van der Waals surface area contributed by atoms with Gasteiger partial charge in [0.1, 0.15) is 0 Å². The van der Waals surface area contributed by atoms with Crippen LogP contribution in [-0.4, -0.2) is 35.6 Å². The maximum Gasteiger partial charge on any atom is 0.309 e. The van der Waals surface area contributed by atoms with Crippen molar-refractivity contribution in [2.75, 3.05) is 13.6 Å². The number of carbonyl (C=O) groups is 1. The van der Waals surface area contributed by atoms with E-state index in [4.69, 9.17) is 5.11 Å². The lowest BCUT2D eigenvalue weighted by Crippen LogP contribution is -2.39. The van der Waals surface area contributed by atoms with E-state index in [2.05, 4.69) is 11.9 Å². The molecule has 3 nitrogen and oxygen atoms in total. The molecule has 1 heterocycles. The first-order chi connectivity index (χ1) is 6.64. The van der Waals surface area contributed by atoms with Gasteiger partial charge in [-0.25, -0.2) is 0 Å². The van der Waals surface area contributed by atoms with E-state index in [9.17, 15) is 4.79 Å². The van der Waals surface area contributed by atoms with Crippen molar-refractivity contribution in [3.05, 3.63) is 0 Å². The number of hydrogen-bond acceptors (Lipinski definition) is 2. The van der Waals surface area contributed by atoms with Crippen molar-refractivity contribution >= 4 is 5.97 Å². The Hall–Kier alpha value is -0.570. The van der Waals surface area contributed by atoms with Crippen LogP contribution < -0.4 is 0 Å². The van der Waals surface area contributed by atoms with Crippen LogP contribution in [0.25, 0.3) is 0 Å². The van der Waals surface area contributed by atoms with Gasteiger partial charge in [0.2, 0.25) is 0 Å². The van der Waals surface area contributed by atoms with Gasteiger partial charge in [-0.2, -0.15) is 0 Å². The van der Waals surface area contributed by atoms with E-state index in [-0.39, 0.29) is 5.41 Å². The number of hydrogen-bond donors (Lipinski definition) is 1. The van der Waals surface area contributed by atoms with Crippen LogP contribution in [0.5, 0.6) is 0 Å². The van der Waals surface area contributed by atoms with Crippen molar-refractivity contribution in [3.63, 3.8) is 0 Å². The third kappa shape index (κ3) is 1.78. The molecule has 2 aliphatic rings. The van der Waals surface area contributed by atoms with Crippen molar-refractivity contribution in [2.45, 2.75) is 44.6 Å². The Labute approximate surface area is 85.1 Å². The molecule has 1 unspecified atom stereocenters. The van der Waals surface area contributed by atoms with Gasteiger partial charge in [0, 0.05) is 6.04 Å². The average molecular weight is 197 g/mol. The average Bonchev–Trinajstić information content (AvgIpc) is 2.90. The summed E-state index contributed by atoms with van der Waals surface area (Å²) in [5, 5.41) is 9.10. The number of carboxylic acid groups (broad SMARTS) is 1. The van der Waals surface area contributed by atoms with Gasteiger partial charge in [-0.05, 0) is 45.7 Å². The molecule has 0 aromatic heterocycles. The predicted octanol–water partition coefficient (Wildman–Crippen LogP) is 1.73. The first-order valence-electron chi connectivity index (χ1n) is 5.58. The second-order valence-corrected chi connectivity index (χ2v) is 4.92. The topological polar surface area (TPSA) is 40.5 Å². The largest absolute Gasteiger partial charge is 0.481 e. The Bertz CT molecular complexity index is 235. The van der Waals surface area contributed by atoms with Gasteiger partial charge in [0.15, 0.2) is 0 Å². The molecule has 14 heavy (non-hydrogen) atoms. The minimum Gasteiger partial charge on any atom is -0.481 e. The van der Waals surface area contributed by atoms with E-state index >= 15 is 0 Å². The lowest BCUT2D eigenvalue weighted by molar-refractivity contribution is -0.144. The van der Waals surface area contributed by atoms with Crippen molar-refractivity contribution < 1.29 is 9.90 Å². The second kappa shape index (κ2) is 3.54. The van der Waals surface area contributed by atoms with Crippen molar-refractivity contribution in [1.29, 1.82) is 0 Å². The highest BCUT2D eigenvalue weighted by atomic mass is 16.4. The quantitative estimate of drug-likeness (QED) is 0.749. The van der Waals surface area contributed by atoms with Gasteiger partial charge >= 0.3 is 5.97 Å². The van der Waals surface area contributed by atoms with Crippen LogP contribution >= 0.6 is 0 Å². The fourth-order valence-corrected chi connectivity index (χ4v) is 2.51. The molecule has 0 aromatic rings. The van der Waals surface area contributed by atoms with Gasteiger partial charge in [0.05, 0.1) is 5.41 Å². The summed E-state index contributed by atoms with van der Waals surface area (Å²) in [5.74, 6) is -0.573. The monoisotopic (exact) mass is 197 g/mol. The maximum atomic E-state index is 11.0. The van der Waals surface area contributed by atoms with Crippen LogP contribution in [0.3, 0.4) is 0 Å². The highest BCUT2D eigenvalue weighted by Crippen LogP contribution is 2.51. The smallest absolute Gasteiger partial charge is 0.309 e. The summed E-state index contributed by atoms with van der Waals surface area (Å²) >= 11 is 0. The third-order valence-corrected chi connectivity index (χ3v) is 3.86. The van der Waals surface area contributed by atoms with Crippen LogP contribution in [0.1, 0.15) is 38.5 Å². The van der Waals surface area contributed by atoms with E-state index < -0.39 is 5.97 Å². The molecule has 0 aromatic carbocycles. The Morgan fingerprint density at radius 2 is 2.21 bits per heavy atom. The molecule has 2 fully saturated rings. The summed E-state index contributed by atoms with van der Waals surface area (Å²) in [6.07, 6.45) is 6.39. The highest BCUT2D eigenvalue weighted by molar-refractivity contribution is 5.77. The van der Waals surface area contributed by atoms with Gasteiger partial charge in [-0.3, -0.25) is 4.79 Å². The molecule has 1 N–H and O–H groups in total. The maximum absolute atomic E-state index is 11.0. The summed E-state index contributed by atoms with van der Waals surface area (Å²) in [6.45, 7) is 1.14. The summed E-state index contributed by atoms with van der Waals surface area (Å²) < 4.78 is 0. The molecule has 0 amide bonds. The fraction of sp³-hybridized carbons (Fsp3) is 0.909. The normalized spacial score (nSPS) is 31.4. The van der Waals surface area contributed by atoms with E-state index in [0.717, 1.165) is 25.8 Å². The van der Waals surface area contributed by atoms with Crippen molar-refractivity contribution in [2.24, 2.45) is 5.41 Å². The van der Waals surface area contributed by atoms with Gasteiger partial charge in [-0.1, -0.05) is 6.42 Å². The Kier molecular flexibility index (Phi) is 2.52. The van der Waals surface area contributed by atoms with Crippen LogP contribution in [-0.2, 0) is 4.79 Å². The molecule has 3 heteroatoms. The summed E-state index contributed by atoms with van der Waals surface area (Å²) in [6, 6.07) is 0.516. The molecule has 2 rings (SSSR count). The molecule has 0 bridgehead atoms. The number of rotatable bonds is 3. The standard InChI is InChI=1S/C11H19NO2/c1-12-7-3-2-4-9(12)8-11(5-6-11)10(13)14/h9H,2-8H2,1H3,(H,13,14). The third-order valence-electron chi connectivity index (χ3n) is 3.86. The first-order valence-corrected chi connectivity index (χ1v) is 5.58. The molecule has 80 valence electrons. The molecule has 1 aliphatic carbocycles. The molecule has 0 radical (unpaired) electrons. The number of piperidine rings is 1. The van der Waals surface area contributed by atoms with Crippen LogP contribution in [0, 0.1) is 5.41 Å². The molecule has 1 saturated heterocycles. The summed E-state index contributed by atoms with van der Waals surface area (Å²) in [7, 11) is 2.13. The second-order valence-electron chi connectivity index (χ2n) is 4.92. The number of aliphatic carboxylic acids is 1. The highest BCUT2D eigenvalue weighted by Gasteiger charge is 2.51. The van der Waals surface area contributed by atoms with Crippen LogP contribution in [0.15, 0.2) is 0 Å². The molecule has 1 atom stereocenters. The van der Waals surface area contributed by atoms with Gasteiger partial charge < -0.3 is 10.0 Å². The zero-order chi connectivity index (χ0) is 10.2. The zero-order valence-corrected chi connectivity index (χ0v) is 8.83. The summed E-state index contributed by atoms with van der Waals surface area (Å²) in [5.41, 5.74) is -0.337. The zero-order valence-electron chi connectivity index (χ0n) is 8.83. The molecular weight excluding hydrogens is 178 g/mol. The van der Waals surface area contributed by atoms with Gasteiger partial charge in [0.25, 0.3) is 0 Å². The lowest BCUT2D eigenvalue weighted by atomic mass is 9.90. The lowest BCUT2D eigenvalue weighted by Gasteiger charge is -2.34. The fourth-order valence-electron chi connectivity index (χ4n) is 2.51. The van der Waals surface area contributed by atoms with Crippen molar-refractivity contribution in [1.82, 2.24) is 4.90 Å².